The van der Waals surface area contributed by atoms with Gasteiger partial charge in [0.05, 0.1) is 13.2 Å². The van der Waals surface area contributed by atoms with Crippen molar-refractivity contribution >= 4 is 33.7 Å². The van der Waals surface area contributed by atoms with Crippen molar-refractivity contribution in [3.63, 3.8) is 0 Å². The summed E-state index contributed by atoms with van der Waals surface area (Å²) in [6.07, 6.45) is 0. The summed E-state index contributed by atoms with van der Waals surface area (Å²) in [5.41, 5.74) is 0. The molecular formula is C15H24BrN3O2S. The van der Waals surface area contributed by atoms with Crippen molar-refractivity contribution in [2.45, 2.75) is 0 Å². The Kier molecular flexibility index (Phi) is 11.0. The Hall–Kier alpha value is -0.920. The van der Waals surface area contributed by atoms with Gasteiger partial charge in [-0.05, 0) is 18.2 Å². The van der Waals surface area contributed by atoms with Crippen molar-refractivity contribution in [3.8, 4) is 5.75 Å². The zero-order chi connectivity index (χ0) is 16.0. The smallest absolute Gasteiger partial charge is 0.191 e. The normalized spacial score (nSPS) is 11.3. The van der Waals surface area contributed by atoms with Crippen molar-refractivity contribution < 1.29 is 9.47 Å². The van der Waals surface area contributed by atoms with Crippen molar-refractivity contribution in [3.05, 3.63) is 28.7 Å². The molecule has 0 aliphatic carbocycles. The molecule has 22 heavy (non-hydrogen) atoms. The second-order valence-electron chi connectivity index (χ2n) is 4.34. The van der Waals surface area contributed by atoms with Crippen LogP contribution in [0.1, 0.15) is 0 Å². The van der Waals surface area contributed by atoms with E-state index >= 15 is 0 Å². The van der Waals surface area contributed by atoms with Gasteiger partial charge in [-0.3, -0.25) is 4.99 Å². The Morgan fingerprint density at radius 3 is 2.77 bits per heavy atom. The summed E-state index contributed by atoms with van der Waals surface area (Å²) in [6, 6.07) is 7.90. The molecule has 0 atom stereocenters. The second-order valence-corrected chi connectivity index (χ2v) is 6.48. The number of benzene rings is 1. The molecule has 0 radical (unpaired) electrons. The van der Waals surface area contributed by atoms with Gasteiger partial charge in [0.25, 0.3) is 0 Å². The SMILES string of the molecule is CN=C(NCCOC)NCCSCCOc1cccc(Br)c1. The lowest BCUT2D eigenvalue weighted by molar-refractivity contribution is 0.203. The highest BCUT2D eigenvalue weighted by Crippen LogP contribution is 2.17. The number of nitrogens with one attached hydrogen (secondary N) is 2. The fourth-order valence-electron chi connectivity index (χ4n) is 1.61. The van der Waals surface area contributed by atoms with E-state index in [1.54, 1.807) is 14.2 Å². The average molecular weight is 390 g/mol. The molecule has 124 valence electrons. The maximum atomic E-state index is 5.68. The number of nitrogens with zero attached hydrogens (tertiary/aromatic N) is 1. The fourth-order valence-corrected chi connectivity index (χ4v) is 2.64. The predicted molar refractivity (Wildman–Crippen MR) is 98.2 cm³/mol. The number of methoxy groups -OCH3 is 1. The molecule has 0 spiro atoms. The highest BCUT2D eigenvalue weighted by molar-refractivity contribution is 9.10. The number of hydrogen-bond acceptors (Lipinski definition) is 4. The third-order valence-electron chi connectivity index (χ3n) is 2.65. The van der Waals surface area contributed by atoms with Crippen LogP contribution in [0, 0.1) is 0 Å². The van der Waals surface area contributed by atoms with E-state index in [9.17, 15) is 0 Å². The van der Waals surface area contributed by atoms with E-state index in [2.05, 4.69) is 31.6 Å². The summed E-state index contributed by atoms with van der Waals surface area (Å²) in [4.78, 5) is 4.14. The lowest BCUT2D eigenvalue weighted by atomic mass is 10.3. The molecule has 1 aromatic carbocycles. The minimum atomic E-state index is 0.669. The quantitative estimate of drug-likeness (QED) is 0.365. The van der Waals surface area contributed by atoms with Crippen LogP contribution in [-0.2, 0) is 4.74 Å². The van der Waals surface area contributed by atoms with Gasteiger partial charge in [-0.25, -0.2) is 0 Å². The van der Waals surface area contributed by atoms with E-state index in [0.717, 1.165) is 40.8 Å². The molecule has 0 aliphatic rings. The molecule has 0 saturated carbocycles. The maximum Gasteiger partial charge on any atom is 0.191 e. The van der Waals surface area contributed by atoms with Crippen molar-refractivity contribution in [1.82, 2.24) is 10.6 Å². The molecule has 1 rings (SSSR count). The van der Waals surface area contributed by atoms with E-state index in [0.29, 0.717) is 13.2 Å². The van der Waals surface area contributed by atoms with E-state index in [1.165, 1.54) is 0 Å². The number of ether oxygens (including phenoxy) is 2. The Morgan fingerprint density at radius 1 is 1.23 bits per heavy atom. The highest BCUT2D eigenvalue weighted by Gasteiger charge is 1.97. The van der Waals surface area contributed by atoms with E-state index < -0.39 is 0 Å². The monoisotopic (exact) mass is 389 g/mol. The molecule has 0 heterocycles. The van der Waals surface area contributed by atoms with Crippen LogP contribution in [0.3, 0.4) is 0 Å². The Balaban J connectivity index is 2.01. The molecule has 2 N–H and O–H groups in total. The van der Waals surface area contributed by atoms with Crippen LogP contribution in [-0.4, -0.2) is 57.9 Å². The molecule has 0 unspecified atom stereocenters. The van der Waals surface area contributed by atoms with Crippen LogP contribution < -0.4 is 15.4 Å². The molecule has 7 heteroatoms. The van der Waals surface area contributed by atoms with Crippen LogP contribution in [0.4, 0.5) is 0 Å². The van der Waals surface area contributed by atoms with Gasteiger partial charge in [-0.2, -0.15) is 11.8 Å². The minimum Gasteiger partial charge on any atom is -0.493 e. The number of thioether (sulfide) groups is 1. The summed E-state index contributed by atoms with van der Waals surface area (Å²) in [5, 5.41) is 6.43. The van der Waals surface area contributed by atoms with Gasteiger partial charge in [-0.15, -0.1) is 0 Å². The molecule has 1 aromatic rings. The first-order valence-corrected chi connectivity index (χ1v) is 9.10. The lowest BCUT2D eigenvalue weighted by Crippen LogP contribution is -2.39. The molecule has 0 aliphatic heterocycles. The summed E-state index contributed by atoms with van der Waals surface area (Å²) in [6.45, 7) is 3.00. The number of rotatable bonds is 10. The predicted octanol–water partition coefficient (Wildman–Crippen LogP) is 2.37. The van der Waals surface area contributed by atoms with Crippen LogP contribution in [0.15, 0.2) is 33.7 Å². The van der Waals surface area contributed by atoms with Crippen molar-refractivity contribution in [2.24, 2.45) is 4.99 Å². The minimum absolute atomic E-state index is 0.669. The van der Waals surface area contributed by atoms with Crippen molar-refractivity contribution in [1.29, 1.82) is 0 Å². The Labute approximate surface area is 145 Å². The van der Waals surface area contributed by atoms with Gasteiger partial charge in [-0.1, -0.05) is 22.0 Å². The summed E-state index contributed by atoms with van der Waals surface area (Å²) >= 11 is 5.28. The molecule has 0 amide bonds. The number of hydrogen-bond donors (Lipinski definition) is 2. The number of halogens is 1. The molecule has 5 nitrogen and oxygen atoms in total. The van der Waals surface area contributed by atoms with Gasteiger partial charge in [0, 0.05) is 43.2 Å². The largest absolute Gasteiger partial charge is 0.493 e. The van der Waals surface area contributed by atoms with Gasteiger partial charge in [0.2, 0.25) is 0 Å². The standard InChI is InChI=1S/C15H24BrN3O2S/c1-17-15(18-6-8-20-2)19-7-10-22-11-9-21-14-5-3-4-13(16)12-14/h3-5,12H,6-11H2,1-2H3,(H2,17,18,19). The molecular weight excluding hydrogens is 366 g/mol. The van der Waals surface area contributed by atoms with Crippen LogP contribution in [0.2, 0.25) is 0 Å². The van der Waals surface area contributed by atoms with Gasteiger partial charge in [0.1, 0.15) is 5.75 Å². The third-order valence-corrected chi connectivity index (χ3v) is 4.09. The summed E-state index contributed by atoms with van der Waals surface area (Å²) < 4.78 is 11.7. The topological polar surface area (TPSA) is 54.9 Å². The zero-order valence-corrected chi connectivity index (χ0v) is 15.5. The first-order chi connectivity index (χ1) is 10.8. The molecule has 0 aromatic heterocycles. The van der Waals surface area contributed by atoms with E-state index in [-0.39, 0.29) is 0 Å². The Morgan fingerprint density at radius 2 is 2.05 bits per heavy atom. The number of aliphatic imine (C=N–C) groups is 1. The second kappa shape index (κ2) is 12.6. The lowest BCUT2D eigenvalue weighted by Gasteiger charge is -2.11. The first kappa shape index (κ1) is 19.1. The number of guanidine groups is 1. The average Bonchev–Trinajstić information content (AvgIpc) is 2.52. The third kappa shape index (κ3) is 9.17. The molecule has 0 bridgehead atoms. The van der Waals surface area contributed by atoms with Crippen LogP contribution in [0.5, 0.6) is 5.75 Å². The van der Waals surface area contributed by atoms with Crippen molar-refractivity contribution in [2.75, 3.05) is 52.0 Å². The van der Waals surface area contributed by atoms with Crippen LogP contribution in [0.25, 0.3) is 0 Å². The van der Waals surface area contributed by atoms with E-state index in [4.69, 9.17) is 9.47 Å². The molecule has 0 fully saturated rings. The summed E-state index contributed by atoms with van der Waals surface area (Å²) in [5.74, 6) is 3.68. The summed E-state index contributed by atoms with van der Waals surface area (Å²) in [7, 11) is 3.45. The van der Waals surface area contributed by atoms with Gasteiger partial charge in [0.15, 0.2) is 5.96 Å². The van der Waals surface area contributed by atoms with Gasteiger partial charge >= 0.3 is 0 Å². The van der Waals surface area contributed by atoms with E-state index in [1.807, 2.05) is 36.0 Å². The zero-order valence-electron chi connectivity index (χ0n) is 13.1. The molecule has 0 saturated heterocycles. The Bertz CT molecular complexity index is 447. The maximum absolute atomic E-state index is 5.68. The van der Waals surface area contributed by atoms with Gasteiger partial charge < -0.3 is 20.1 Å². The van der Waals surface area contributed by atoms with Crippen LogP contribution >= 0.6 is 27.7 Å². The highest BCUT2D eigenvalue weighted by atomic mass is 79.9. The fraction of sp³-hybridized carbons (Fsp3) is 0.533. The first-order valence-electron chi connectivity index (χ1n) is 7.16.